The van der Waals surface area contributed by atoms with Gasteiger partial charge in [0.1, 0.15) is 23.0 Å². The van der Waals surface area contributed by atoms with E-state index in [1.54, 1.807) is 14.2 Å². The SMILES string of the molecule is COc1ccc(-c2oc(-c3ccccc3)c3c2[C@H](c2cn(C)c4ccccc24)[C@@H](c2ccccc2)[C@@H]3c2ccc(OC)cc2)cc1. The number of ether oxygens (including phenoxy) is 2. The van der Waals surface area contributed by atoms with Crippen LogP contribution < -0.4 is 9.47 Å². The molecule has 4 nitrogen and oxygen atoms in total. The van der Waals surface area contributed by atoms with E-state index in [2.05, 4.69) is 139 Å². The van der Waals surface area contributed by atoms with Crippen LogP contribution in [-0.2, 0) is 7.05 Å². The fraction of sp³-hybridized carbons (Fsp3) is 0.143. The number of para-hydroxylation sites is 1. The third-order valence-corrected chi connectivity index (χ3v) is 9.63. The number of aromatic nitrogens is 1. The Kier molecular flexibility index (Phi) is 6.98. The van der Waals surface area contributed by atoms with Crippen molar-refractivity contribution < 1.29 is 13.9 Å². The maximum absolute atomic E-state index is 7.11. The van der Waals surface area contributed by atoms with Crippen LogP contribution in [0.1, 0.15) is 45.6 Å². The summed E-state index contributed by atoms with van der Waals surface area (Å²) in [5, 5.41) is 1.26. The van der Waals surface area contributed by atoms with E-state index < -0.39 is 0 Å². The summed E-state index contributed by atoms with van der Waals surface area (Å²) in [4.78, 5) is 0. The van der Waals surface area contributed by atoms with Crippen molar-refractivity contribution >= 4 is 10.9 Å². The summed E-state index contributed by atoms with van der Waals surface area (Å²) in [6, 6.07) is 47.2. The normalized spacial score (nSPS) is 17.2. The van der Waals surface area contributed by atoms with Crippen molar-refractivity contribution in [2.24, 2.45) is 7.05 Å². The molecule has 0 N–H and O–H groups in total. The third-order valence-electron chi connectivity index (χ3n) is 9.63. The van der Waals surface area contributed by atoms with Crippen LogP contribution in [0.5, 0.6) is 11.5 Å². The molecule has 5 aromatic carbocycles. The number of rotatable bonds is 7. The van der Waals surface area contributed by atoms with Gasteiger partial charge in [0.05, 0.1) is 14.2 Å². The van der Waals surface area contributed by atoms with Crippen molar-refractivity contribution in [2.75, 3.05) is 14.2 Å². The van der Waals surface area contributed by atoms with Gasteiger partial charge < -0.3 is 18.5 Å². The van der Waals surface area contributed by atoms with Gasteiger partial charge in [-0.05, 0) is 59.2 Å². The average Bonchev–Trinajstić information content (AvgIpc) is 3.78. The average molecular weight is 602 g/mol. The van der Waals surface area contributed by atoms with Gasteiger partial charge in [-0.15, -0.1) is 0 Å². The summed E-state index contributed by atoms with van der Waals surface area (Å²) in [7, 11) is 5.57. The number of aryl methyl sites for hydroxylation is 1. The first-order valence-corrected chi connectivity index (χ1v) is 15.8. The highest BCUT2D eigenvalue weighted by atomic mass is 16.5. The van der Waals surface area contributed by atoms with Gasteiger partial charge in [0.25, 0.3) is 0 Å². The summed E-state index contributed by atoms with van der Waals surface area (Å²) in [6.07, 6.45) is 2.33. The lowest BCUT2D eigenvalue weighted by molar-refractivity contribution is 0.414. The summed E-state index contributed by atoms with van der Waals surface area (Å²) < 4.78 is 20.5. The van der Waals surface area contributed by atoms with E-state index in [-0.39, 0.29) is 17.8 Å². The molecule has 0 unspecified atom stereocenters. The maximum Gasteiger partial charge on any atom is 0.138 e. The number of nitrogens with zero attached hydrogens (tertiary/aromatic N) is 1. The van der Waals surface area contributed by atoms with E-state index in [1.807, 2.05) is 12.1 Å². The van der Waals surface area contributed by atoms with Gasteiger partial charge in [0.15, 0.2) is 0 Å². The van der Waals surface area contributed by atoms with E-state index >= 15 is 0 Å². The predicted octanol–water partition coefficient (Wildman–Crippen LogP) is 10.2. The van der Waals surface area contributed by atoms with Crippen LogP contribution in [0.3, 0.4) is 0 Å². The first-order valence-electron chi connectivity index (χ1n) is 15.8. The number of benzene rings is 5. The van der Waals surface area contributed by atoms with Crippen molar-refractivity contribution in [2.45, 2.75) is 17.8 Å². The van der Waals surface area contributed by atoms with Crippen molar-refractivity contribution in [1.82, 2.24) is 4.57 Å². The second-order valence-electron chi connectivity index (χ2n) is 12.1. The summed E-state index contributed by atoms with van der Waals surface area (Å²) in [6.45, 7) is 0. The predicted molar refractivity (Wildman–Crippen MR) is 185 cm³/mol. The minimum atomic E-state index is 0.0221. The Hall–Kier alpha value is -5.48. The number of furan rings is 1. The molecule has 3 atom stereocenters. The molecule has 0 saturated carbocycles. The van der Waals surface area contributed by atoms with Gasteiger partial charge in [-0.3, -0.25) is 0 Å². The van der Waals surface area contributed by atoms with Crippen molar-refractivity contribution in [3.8, 4) is 34.1 Å². The van der Waals surface area contributed by atoms with Crippen molar-refractivity contribution in [3.63, 3.8) is 0 Å². The molecule has 0 radical (unpaired) electrons. The Morgan fingerprint density at radius 3 is 1.74 bits per heavy atom. The van der Waals surface area contributed by atoms with Crippen molar-refractivity contribution in [1.29, 1.82) is 0 Å². The lowest BCUT2D eigenvalue weighted by Crippen LogP contribution is -2.14. The van der Waals surface area contributed by atoms with Crippen LogP contribution in [0.25, 0.3) is 33.6 Å². The molecular formula is C42H35NO3. The molecule has 4 heteroatoms. The first kappa shape index (κ1) is 28.0. The molecule has 46 heavy (non-hydrogen) atoms. The standard InChI is InChI=1S/C42H35NO3/c1-43-26-34(33-16-10-11-17-35(33)43)38-36(27-12-6-4-7-13-27)37(28-18-22-31(44-2)23-19-28)39-40(38)42(30-20-24-32(45-3)25-21-30)46-41(39)29-14-8-5-9-15-29/h4-26,36-38H,1-3H3/t36-,37-,38+/m0/s1. The Morgan fingerprint density at radius 1 is 0.543 bits per heavy atom. The summed E-state index contributed by atoms with van der Waals surface area (Å²) >= 11 is 0. The van der Waals surface area contributed by atoms with Crippen molar-refractivity contribution in [3.05, 3.63) is 167 Å². The zero-order valence-corrected chi connectivity index (χ0v) is 26.2. The van der Waals surface area contributed by atoms with Gasteiger partial charge in [0, 0.05) is 64.2 Å². The van der Waals surface area contributed by atoms with E-state index in [0.717, 1.165) is 34.1 Å². The highest BCUT2D eigenvalue weighted by Crippen LogP contribution is 2.63. The molecule has 0 saturated heterocycles. The van der Waals surface area contributed by atoms with Crippen LogP contribution >= 0.6 is 0 Å². The van der Waals surface area contributed by atoms with E-state index in [0.29, 0.717) is 0 Å². The first-order chi connectivity index (χ1) is 22.7. The van der Waals surface area contributed by atoms with Crippen LogP contribution in [-0.4, -0.2) is 18.8 Å². The van der Waals surface area contributed by atoms with Crippen LogP contribution in [0.4, 0.5) is 0 Å². The van der Waals surface area contributed by atoms with Gasteiger partial charge in [0.2, 0.25) is 0 Å². The molecule has 2 heterocycles. The zero-order chi connectivity index (χ0) is 31.2. The van der Waals surface area contributed by atoms with Crippen LogP contribution in [0.15, 0.2) is 144 Å². The minimum Gasteiger partial charge on any atom is -0.497 e. The van der Waals surface area contributed by atoms with Gasteiger partial charge >= 0.3 is 0 Å². The molecule has 0 aliphatic heterocycles. The van der Waals surface area contributed by atoms with E-state index in [1.165, 1.54) is 38.7 Å². The molecule has 7 aromatic rings. The van der Waals surface area contributed by atoms with E-state index in [9.17, 15) is 0 Å². The Morgan fingerprint density at radius 2 is 1.09 bits per heavy atom. The molecule has 1 aliphatic rings. The fourth-order valence-electron chi connectivity index (χ4n) is 7.60. The van der Waals surface area contributed by atoms with Crippen LogP contribution in [0, 0.1) is 0 Å². The summed E-state index contributed by atoms with van der Waals surface area (Å²) in [5.41, 5.74) is 9.66. The monoisotopic (exact) mass is 601 g/mol. The smallest absolute Gasteiger partial charge is 0.138 e. The molecule has 0 fully saturated rings. The zero-order valence-electron chi connectivity index (χ0n) is 26.2. The molecule has 0 amide bonds. The maximum atomic E-state index is 7.11. The number of hydrogen-bond acceptors (Lipinski definition) is 3. The highest BCUT2D eigenvalue weighted by Gasteiger charge is 2.49. The molecule has 226 valence electrons. The summed E-state index contributed by atoms with van der Waals surface area (Å²) in [5.74, 6) is 3.66. The topological polar surface area (TPSA) is 36.5 Å². The van der Waals surface area contributed by atoms with E-state index in [4.69, 9.17) is 13.9 Å². The second kappa shape index (κ2) is 11.5. The molecule has 0 bridgehead atoms. The largest absolute Gasteiger partial charge is 0.497 e. The molecular weight excluding hydrogens is 566 g/mol. The quantitative estimate of drug-likeness (QED) is 0.182. The minimum absolute atomic E-state index is 0.0221. The van der Waals surface area contributed by atoms with Crippen LogP contribution in [0.2, 0.25) is 0 Å². The highest BCUT2D eigenvalue weighted by molar-refractivity contribution is 5.88. The Labute approximate surface area is 269 Å². The second-order valence-corrected chi connectivity index (χ2v) is 12.1. The number of methoxy groups -OCH3 is 2. The molecule has 8 rings (SSSR count). The molecule has 0 spiro atoms. The Balaban J connectivity index is 1.50. The van der Waals surface area contributed by atoms with Gasteiger partial charge in [-0.1, -0.05) is 91.0 Å². The van der Waals surface area contributed by atoms with Gasteiger partial charge in [-0.2, -0.15) is 0 Å². The van der Waals surface area contributed by atoms with Gasteiger partial charge in [-0.25, -0.2) is 0 Å². The molecule has 1 aliphatic carbocycles. The Bertz CT molecular complexity index is 2120. The lowest BCUT2D eigenvalue weighted by Gasteiger charge is -2.28. The molecule has 2 aromatic heterocycles. The third kappa shape index (κ3) is 4.52. The fourth-order valence-corrected chi connectivity index (χ4v) is 7.60. The number of fused-ring (bicyclic) bond motifs is 2. The lowest BCUT2D eigenvalue weighted by atomic mass is 9.75. The number of hydrogen-bond donors (Lipinski definition) is 0.